The van der Waals surface area contributed by atoms with Crippen LogP contribution in [0.3, 0.4) is 0 Å². The van der Waals surface area contributed by atoms with Crippen LogP contribution in [0, 0.1) is 23.7 Å². The van der Waals surface area contributed by atoms with Gasteiger partial charge in [0.1, 0.15) is 0 Å². The highest BCUT2D eigenvalue weighted by molar-refractivity contribution is 5.50. The second kappa shape index (κ2) is 6.09. The molecule has 0 spiro atoms. The maximum absolute atomic E-state index is 6.00. The van der Waals surface area contributed by atoms with Crippen molar-refractivity contribution in [2.45, 2.75) is 44.9 Å². The largest absolute Gasteiger partial charge is 0.399 e. The summed E-state index contributed by atoms with van der Waals surface area (Å²) in [5, 5.41) is 0. The molecule has 2 aliphatic carbocycles. The Hall–Kier alpha value is -1.96. The van der Waals surface area contributed by atoms with Crippen molar-refractivity contribution in [3.8, 4) is 0 Å². The standard InChI is InChI=1S/C23H30N2/c1-15-11-19-13-16(2)14-20(12-15)23(19,17-3-7-21(24)8-4-17)18-5-9-22(25)10-6-18/h3-10,15-16,19-20H,11-14,24-25H2,1-2H3. The highest BCUT2D eigenvalue weighted by atomic mass is 14.6. The van der Waals surface area contributed by atoms with Crippen LogP contribution in [-0.2, 0) is 5.41 Å². The zero-order valence-corrected chi connectivity index (χ0v) is 15.4. The van der Waals surface area contributed by atoms with Gasteiger partial charge in [0.15, 0.2) is 0 Å². The number of nitrogen functional groups attached to an aromatic ring is 2. The molecule has 132 valence electrons. The van der Waals surface area contributed by atoms with Gasteiger partial charge in [-0.3, -0.25) is 0 Å². The lowest BCUT2D eigenvalue weighted by Crippen LogP contribution is -2.52. The third-order valence-electron chi connectivity index (χ3n) is 6.81. The quantitative estimate of drug-likeness (QED) is 0.739. The van der Waals surface area contributed by atoms with Crippen LogP contribution in [0.25, 0.3) is 0 Å². The third kappa shape index (κ3) is 2.63. The van der Waals surface area contributed by atoms with Gasteiger partial charge in [-0.2, -0.15) is 0 Å². The van der Waals surface area contributed by atoms with E-state index in [2.05, 4.69) is 62.4 Å². The first-order valence-electron chi connectivity index (χ1n) is 9.72. The van der Waals surface area contributed by atoms with Gasteiger partial charge in [0.2, 0.25) is 0 Å². The summed E-state index contributed by atoms with van der Waals surface area (Å²) in [6.07, 6.45) is 5.26. The lowest BCUT2D eigenvalue weighted by Gasteiger charge is -2.57. The molecule has 2 nitrogen and oxygen atoms in total. The zero-order chi connectivity index (χ0) is 17.6. The van der Waals surface area contributed by atoms with Gasteiger partial charge in [0.05, 0.1) is 0 Å². The lowest BCUT2D eigenvalue weighted by atomic mass is 9.46. The molecule has 0 heterocycles. The summed E-state index contributed by atoms with van der Waals surface area (Å²) in [5.74, 6) is 3.02. The van der Waals surface area contributed by atoms with Crippen molar-refractivity contribution >= 4 is 11.4 Å². The molecule has 2 fully saturated rings. The number of nitrogens with two attached hydrogens (primary N) is 2. The topological polar surface area (TPSA) is 52.0 Å². The normalized spacial score (nSPS) is 30.8. The maximum Gasteiger partial charge on any atom is 0.0314 e. The van der Waals surface area contributed by atoms with Crippen LogP contribution in [0.4, 0.5) is 11.4 Å². The summed E-state index contributed by atoms with van der Waals surface area (Å²) in [5.41, 5.74) is 16.7. The fourth-order valence-corrected chi connectivity index (χ4v) is 6.03. The molecule has 0 radical (unpaired) electrons. The van der Waals surface area contributed by atoms with Crippen molar-refractivity contribution < 1.29 is 0 Å². The van der Waals surface area contributed by atoms with E-state index in [9.17, 15) is 0 Å². The number of hydrogen-bond donors (Lipinski definition) is 2. The lowest BCUT2D eigenvalue weighted by molar-refractivity contribution is 0.0272. The molecule has 2 bridgehead atoms. The monoisotopic (exact) mass is 334 g/mol. The van der Waals surface area contributed by atoms with Gasteiger partial charge in [-0.25, -0.2) is 0 Å². The Morgan fingerprint density at radius 1 is 0.640 bits per heavy atom. The first kappa shape index (κ1) is 16.5. The van der Waals surface area contributed by atoms with Crippen LogP contribution in [0.5, 0.6) is 0 Å². The third-order valence-corrected chi connectivity index (χ3v) is 6.81. The molecule has 2 aromatic rings. The molecule has 0 atom stereocenters. The molecule has 2 aromatic carbocycles. The SMILES string of the molecule is CC1CC2CC(C)CC(C1)C2(c1ccc(N)cc1)c1ccc(N)cc1. The van der Waals surface area contributed by atoms with E-state index in [-0.39, 0.29) is 5.41 Å². The molecule has 2 heteroatoms. The Morgan fingerprint density at radius 2 is 0.960 bits per heavy atom. The Balaban J connectivity index is 1.92. The van der Waals surface area contributed by atoms with E-state index in [1.807, 2.05) is 0 Å². The average Bonchev–Trinajstić information content (AvgIpc) is 2.56. The van der Waals surface area contributed by atoms with Crippen molar-refractivity contribution in [1.29, 1.82) is 0 Å². The van der Waals surface area contributed by atoms with Gasteiger partial charge in [0.25, 0.3) is 0 Å². The minimum Gasteiger partial charge on any atom is -0.399 e. The molecule has 0 amide bonds. The van der Waals surface area contributed by atoms with Gasteiger partial charge in [-0.15, -0.1) is 0 Å². The molecule has 25 heavy (non-hydrogen) atoms. The number of fused-ring (bicyclic) bond motifs is 2. The van der Waals surface area contributed by atoms with Crippen LogP contribution >= 0.6 is 0 Å². The van der Waals surface area contributed by atoms with Crippen LogP contribution in [0.15, 0.2) is 48.5 Å². The van der Waals surface area contributed by atoms with Crippen molar-refractivity contribution in [2.75, 3.05) is 11.5 Å². The van der Waals surface area contributed by atoms with E-state index in [0.29, 0.717) is 11.8 Å². The number of rotatable bonds is 2. The highest BCUT2D eigenvalue weighted by Gasteiger charge is 2.54. The maximum atomic E-state index is 6.00. The number of anilines is 2. The van der Waals surface area contributed by atoms with Crippen molar-refractivity contribution in [1.82, 2.24) is 0 Å². The molecule has 2 saturated carbocycles. The summed E-state index contributed by atoms with van der Waals surface area (Å²) < 4.78 is 0. The molecule has 4 N–H and O–H groups in total. The van der Waals surface area contributed by atoms with E-state index < -0.39 is 0 Å². The molecule has 0 unspecified atom stereocenters. The molecular formula is C23H30N2. The summed E-state index contributed by atoms with van der Waals surface area (Å²) in [6, 6.07) is 17.4. The molecule has 0 aromatic heterocycles. The van der Waals surface area contributed by atoms with E-state index >= 15 is 0 Å². The molecule has 0 saturated heterocycles. The smallest absolute Gasteiger partial charge is 0.0314 e. The van der Waals surface area contributed by atoms with Gasteiger partial charge >= 0.3 is 0 Å². The van der Waals surface area contributed by atoms with E-state index in [1.165, 1.54) is 36.8 Å². The van der Waals surface area contributed by atoms with E-state index in [4.69, 9.17) is 11.5 Å². The van der Waals surface area contributed by atoms with Gasteiger partial charge in [-0.1, -0.05) is 38.1 Å². The summed E-state index contributed by atoms with van der Waals surface area (Å²) in [7, 11) is 0. The van der Waals surface area contributed by atoms with Crippen LogP contribution in [0.2, 0.25) is 0 Å². The molecular weight excluding hydrogens is 304 g/mol. The number of benzene rings is 2. The van der Waals surface area contributed by atoms with Crippen molar-refractivity contribution in [3.05, 3.63) is 59.7 Å². The first-order valence-corrected chi connectivity index (χ1v) is 9.72. The second-order valence-corrected chi connectivity index (χ2v) is 8.66. The Kier molecular flexibility index (Phi) is 4.02. The first-order chi connectivity index (χ1) is 12.0. The van der Waals surface area contributed by atoms with Crippen LogP contribution in [-0.4, -0.2) is 0 Å². The number of hydrogen-bond acceptors (Lipinski definition) is 2. The Bertz CT molecular complexity index is 654. The Labute approximate surface area is 151 Å². The minimum absolute atomic E-state index is 0.112. The Morgan fingerprint density at radius 3 is 1.28 bits per heavy atom. The van der Waals surface area contributed by atoms with Crippen molar-refractivity contribution in [2.24, 2.45) is 23.7 Å². The molecule has 0 aliphatic heterocycles. The highest BCUT2D eigenvalue weighted by Crippen LogP contribution is 2.60. The fraction of sp³-hybridized carbons (Fsp3) is 0.478. The minimum atomic E-state index is 0.112. The average molecular weight is 335 g/mol. The predicted octanol–water partition coefficient (Wildman–Crippen LogP) is 5.23. The fourth-order valence-electron chi connectivity index (χ4n) is 6.03. The van der Waals surface area contributed by atoms with Gasteiger partial charge in [-0.05, 0) is 84.7 Å². The summed E-state index contributed by atoms with van der Waals surface area (Å²) in [4.78, 5) is 0. The second-order valence-electron chi connectivity index (χ2n) is 8.66. The van der Waals surface area contributed by atoms with Crippen molar-refractivity contribution in [3.63, 3.8) is 0 Å². The molecule has 4 rings (SSSR count). The van der Waals surface area contributed by atoms with E-state index in [0.717, 1.165) is 23.2 Å². The summed E-state index contributed by atoms with van der Waals surface area (Å²) in [6.45, 7) is 4.87. The predicted molar refractivity (Wildman–Crippen MR) is 106 cm³/mol. The van der Waals surface area contributed by atoms with E-state index in [1.54, 1.807) is 0 Å². The van der Waals surface area contributed by atoms with Gasteiger partial charge in [0, 0.05) is 16.8 Å². The zero-order valence-electron chi connectivity index (χ0n) is 15.4. The van der Waals surface area contributed by atoms with Gasteiger partial charge < -0.3 is 11.5 Å². The summed E-state index contributed by atoms with van der Waals surface area (Å²) >= 11 is 0. The molecule has 2 aliphatic rings. The van der Waals surface area contributed by atoms with Crippen LogP contribution < -0.4 is 11.5 Å². The van der Waals surface area contributed by atoms with Crippen LogP contribution in [0.1, 0.15) is 50.7 Å².